The number of piperidine rings is 1. The molecule has 2 heterocycles. The van der Waals surface area contributed by atoms with Crippen molar-refractivity contribution in [3.05, 3.63) is 12.2 Å². The molecule has 2 N–H and O–H groups in total. The van der Waals surface area contributed by atoms with Gasteiger partial charge in [-0.05, 0) is 25.9 Å². The summed E-state index contributed by atoms with van der Waals surface area (Å²) in [6.07, 6.45) is 3.94. The zero-order chi connectivity index (χ0) is 12.8. The summed E-state index contributed by atoms with van der Waals surface area (Å²) in [6, 6.07) is 0. The lowest BCUT2D eigenvalue weighted by molar-refractivity contribution is -0.118. The predicted molar refractivity (Wildman–Crippen MR) is 71.2 cm³/mol. The van der Waals surface area contributed by atoms with Gasteiger partial charge in [-0.2, -0.15) is 5.10 Å². The van der Waals surface area contributed by atoms with E-state index in [0.717, 1.165) is 25.9 Å². The summed E-state index contributed by atoms with van der Waals surface area (Å²) >= 11 is 1.75. The summed E-state index contributed by atoms with van der Waals surface area (Å²) in [7, 11) is 1.81. The zero-order valence-electron chi connectivity index (χ0n) is 10.6. The third-order valence-corrected chi connectivity index (χ3v) is 4.20. The number of aryl methyl sites for hydroxylation is 1. The van der Waals surface area contributed by atoms with E-state index in [2.05, 4.69) is 20.7 Å². The highest BCUT2D eigenvalue weighted by Gasteiger charge is 2.14. The van der Waals surface area contributed by atoms with Gasteiger partial charge in [0.25, 0.3) is 0 Å². The monoisotopic (exact) mass is 269 g/mol. The number of amides is 1. The summed E-state index contributed by atoms with van der Waals surface area (Å²) in [6.45, 7) is 2.54. The first-order chi connectivity index (χ1) is 8.74. The summed E-state index contributed by atoms with van der Waals surface area (Å²) in [4.78, 5) is 15.7. The lowest BCUT2D eigenvalue weighted by Gasteiger charge is -2.21. The molecule has 1 aliphatic heterocycles. The molecule has 1 aromatic rings. The maximum Gasteiger partial charge on any atom is 0.230 e. The van der Waals surface area contributed by atoms with E-state index in [9.17, 15) is 4.79 Å². The van der Waals surface area contributed by atoms with Crippen LogP contribution in [-0.2, 0) is 18.4 Å². The van der Waals surface area contributed by atoms with Crippen LogP contribution in [0.3, 0.4) is 0 Å². The van der Waals surface area contributed by atoms with Gasteiger partial charge in [0, 0.05) is 12.3 Å². The van der Waals surface area contributed by atoms with Crippen LogP contribution in [0.1, 0.15) is 18.7 Å². The Morgan fingerprint density at radius 1 is 1.61 bits per heavy atom. The van der Waals surface area contributed by atoms with Crippen molar-refractivity contribution in [1.82, 2.24) is 25.4 Å². The van der Waals surface area contributed by atoms with Gasteiger partial charge in [-0.1, -0.05) is 0 Å². The molecule has 0 unspecified atom stereocenters. The van der Waals surface area contributed by atoms with Crippen molar-refractivity contribution in [2.24, 2.45) is 7.05 Å². The first-order valence-electron chi connectivity index (χ1n) is 6.17. The number of carbonyl (C=O) groups excluding carboxylic acids is 1. The van der Waals surface area contributed by atoms with Crippen LogP contribution in [0.5, 0.6) is 0 Å². The minimum absolute atomic E-state index is 0.0611. The van der Waals surface area contributed by atoms with E-state index in [1.807, 2.05) is 7.05 Å². The predicted octanol–water partition coefficient (Wildman–Crippen LogP) is -0.0835. The Hall–Kier alpha value is -1.08. The van der Waals surface area contributed by atoms with Gasteiger partial charge in [0.1, 0.15) is 6.33 Å². The van der Waals surface area contributed by atoms with Crippen molar-refractivity contribution in [1.29, 1.82) is 0 Å². The molecule has 1 amide bonds. The second kappa shape index (κ2) is 6.75. The molecule has 1 aliphatic rings. The molecular weight excluding hydrogens is 250 g/mol. The lowest BCUT2D eigenvalue weighted by Crippen LogP contribution is -2.31. The highest BCUT2D eigenvalue weighted by molar-refractivity contribution is 8.00. The average Bonchev–Trinajstić information content (AvgIpc) is 2.81. The van der Waals surface area contributed by atoms with Gasteiger partial charge < -0.3 is 10.6 Å². The molecule has 2 rings (SSSR count). The third-order valence-electron chi connectivity index (χ3n) is 2.83. The number of nitrogens with one attached hydrogen (secondary N) is 2. The summed E-state index contributed by atoms with van der Waals surface area (Å²) in [5.41, 5.74) is 0. The molecule has 0 aromatic carbocycles. The summed E-state index contributed by atoms with van der Waals surface area (Å²) in [5, 5.41) is 10.9. The van der Waals surface area contributed by atoms with Gasteiger partial charge in [0.15, 0.2) is 5.82 Å². The standard InChI is InChI=1S/C11H19N5OS/c1-16-8-14-10(15-16)6-13-11(17)7-18-9-2-4-12-5-3-9/h8-9,12H,2-7H2,1H3,(H,13,17). The maximum atomic E-state index is 11.7. The normalized spacial score (nSPS) is 16.7. The minimum atomic E-state index is 0.0611. The second-order valence-electron chi connectivity index (χ2n) is 4.37. The van der Waals surface area contributed by atoms with Crippen molar-refractivity contribution in [3.8, 4) is 0 Å². The topological polar surface area (TPSA) is 71.8 Å². The molecular formula is C11H19N5OS. The van der Waals surface area contributed by atoms with E-state index >= 15 is 0 Å². The van der Waals surface area contributed by atoms with Crippen molar-refractivity contribution >= 4 is 17.7 Å². The van der Waals surface area contributed by atoms with Crippen LogP contribution >= 0.6 is 11.8 Å². The van der Waals surface area contributed by atoms with E-state index in [1.165, 1.54) is 0 Å². The number of aromatic nitrogens is 3. The van der Waals surface area contributed by atoms with Crippen LogP contribution < -0.4 is 10.6 Å². The molecule has 0 bridgehead atoms. The molecule has 0 aliphatic carbocycles. The van der Waals surface area contributed by atoms with Crippen LogP contribution in [0, 0.1) is 0 Å². The molecule has 18 heavy (non-hydrogen) atoms. The quantitative estimate of drug-likeness (QED) is 0.782. The zero-order valence-corrected chi connectivity index (χ0v) is 11.4. The molecule has 0 atom stereocenters. The fraction of sp³-hybridized carbons (Fsp3) is 0.727. The molecule has 1 saturated heterocycles. The van der Waals surface area contributed by atoms with Crippen LogP contribution in [-0.4, -0.2) is 44.8 Å². The Bertz CT molecular complexity index is 389. The molecule has 100 valence electrons. The smallest absolute Gasteiger partial charge is 0.230 e. The van der Waals surface area contributed by atoms with Crippen LogP contribution in [0.4, 0.5) is 0 Å². The SMILES string of the molecule is Cn1cnc(CNC(=O)CSC2CCNCC2)n1. The molecule has 0 spiro atoms. The Balaban J connectivity index is 1.62. The lowest BCUT2D eigenvalue weighted by atomic mass is 10.2. The number of nitrogens with zero attached hydrogens (tertiary/aromatic N) is 3. The van der Waals surface area contributed by atoms with Gasteiger partial charge in [0.05, 0.1) is 12.3 Å². The minimum Gasteiger partial charge on any atom is -0.348 e. The largest absolute Gasteiger partial charge is 0.348 e. The van der Waals surface area contributed by atoms with E-state index in [-0.39, 0.29) is 5.91 Å². The van der Waals surface area contributed by atoms with Crippen LogP contribution in [0.2, 0.25) is 0 Å². The third kappa shape index (κ3) is 4.30. The van der Waals surface area contributed by atoms with Gasteiger partial charge in [-0.3, -0.25) is 9.48 Å². The van der Waals surface area contributed by atoms with Gasteiger partial charge in [0.2, 0.25) is 5.91 Å². The first-order valence-corrected chi connectivity index (χ1v) is 7.22. The maximum absolute atomic E-state index is 11.7. The van der Waals surface area contributed by atoms with Gasteiger partial charge in [-0.25, -0.2) is 4.98 Å². The number of hydrogen-bond donors (Lipinski definition) is 2. The average molecular weight is 269 g/mol. The van der Waals surface area contributed by atoms with Crippen molar-refractivity contribution in [3.63, 3.8) is 0 Å². The first kappa shape index (κ1) is 13.4. The molecule has 6 nitrogen and oxygen atoms in total. The van der Waals surface area contributed by atoms with E-state index < -0.39 is 0 Å². The molecule has 7 heteroatoms. The summed E-state index contributed by atoms with van der Waals surface area (Å²) < 4.78 is 1.63. The van der Waals surface area contributed by atoms with Crippen molar-refractivity contribution < 1.29 is 4.79 Å². The molecule has 1 fully saturated rings. The Labute approximate surface area is 111 Å². The van der Waals surface area contributed by atoms with Gasteiger partial charge in [-0.15, -0.1) is 11.8 Å². The Morgan fingerprint density at radius 3 is 3.06 bits per heavy atom. The van der Waals surface area contributed by atoms with Crippen LogP contribution in [0.25, 0.3) is 0 Å². The number of thioether (sulfide) groups is 1. The highest BCUT2D eigenvalue weighted by atomic mass is 32.2. The van der Waals surface area contributed by atoms with Crippen molar-refractivity contribution in [2.75, 3.05) is 18.8 Å². The molecule has 0 radical (unpaired) electrons. The fourth-order valence-corrected chi connectivity index (χ4v) is 2.91. The molecule has 1 aromatic heterocycles. The number of hydrogen-bond acceptors (Lipinski definition) is 5. The Morgan fingerprint density at radius 2 is 2.39 bits per heavy atom. The van der Waals surface area contributed by atoms with Crippen molar-refractivity contribution in [2.45, 2.75) is 24.6 Å². The highest BCUT2D eigenvalue weighted by Crippen LogP contribution is 2.19. The van der Waals surface area contributed by atoms with Gasteiger partial charge >= 0.3 is 0 Å². The van der Waals surface area contributed by atoms with E-state index in [1.54, 1.807) is 22.8 Å². The number of rotatable bonds is 5. The fourth-order valence-electron chi connectivity index (χ4n) is 1.85. The van der Waals surface area contributed by atoms with E-state index in [4.69, 9.17) is 0 Å². The Kier molecular flexibility index (Phi) is 5.00. The molecule has 0 saturated carbocycles. The van der Waals surface area contributed by atoms with E-state index in [0.29, 0.717) is 23.4 Å². The second-order valence-corrected chi connectivity index (χ2v) is 5.66. The number of carbonyl (C=O) groups is 1. The summed E-state index contributed by atoms with van der Waals surface area (Å²) in [5.74, 6) is 1.24. The van der Waals surface area contributed by atoms with Crippen LogP contribution in [0.15, 0.2) is 6.33 Å².